The molecule has 8 rings (SSSR count). The molecular weight excluding hydrogens is 1430 g/mol. The van der Waals surface area contributed by atoms with Crippen LogP contribution in [0.2, 0.25) is 0 Å². The molecule has 0 aliphatic heterocycles. The van der Waals surface area contributed by atoms with E-state index in [9.17, 15) is 52.7 Å². The first-order valence-corrected chi connectivity index (χ1v) is 28.1. The molecule has 8 aromatic rings. The van der Waals surface area contributed by atoms with Crippen LogP contribution in [0.5, 0.6) is 0 Å². The second-order valence-corrected chi connectivity index (χ2v) is 21.8. The van der Waals surface area contributed by atoms with Crippen LogP contribution < -0.4 is 16.0 Å². The Bertz CT molecular complexity index is 4090. The minimum Gasteiger partial charge on any atom is -0.411 e. The SMILES string of the molecule is CC(=O)CCNc1cc(C(=O)Cc2cn(C)c(C(=O)Cc3cn(C)c(C(=O)NCCC(=O)Cc4cn(C)c(C(C)=O)n4)n3)n2)n(C)c1.[CH2-]C(=O)c1nc(CC(=O)CCNC(=O)c2nc(CC(=O)c3nc(CC(=O)c4cc([CH2-])cn4C)cn3C)cn2C)cn1C.[CH3-].[W+2].[Y]. The van der Waals surface area contributed by atoms with E-state index in [4.69, 9.17) is 0 Å². The summed E-state index contributed by atoms with van der Waals surface area (Å²) in [6, 6.07) is 3.43. The van der Waals surface area contributed by atoms with Crippen molar-refractivity contribution in [3.05, 3.63) is 169 Å². The number of ketones is 9. The van der Waals surface area contributed by atoms with Gasteiger partial charge in [-0.25, -0.2) is 24.9 Å². The summed E-state index contributed by atoms with van der Waals surface area (Å²) < 4.78 is 12.6. The van der Waals surface area contributed by atoms with Crippen LogP contribution in [0.4, 0.5) is 5.69 Å². The topological polar surface area (TPSA) is 341 Å². The van der Waals surface area contributed by atoms with Gasteiger partial charge in [-0.3, -0.25) is 47.9 Å². The van der Waals surface area contributed by atoms with E-state index in [1.807, 2.05) is 0 Å². The van der Waals surface area contributed by atoms with Crippen LogP contribution in [-0.2, 0) is 163 Å². The minimum atomic E-state index is -0.494. The number of rotatable bonds is 30. The number of nitrogens with zero attached hydrogens (tertiary/aromatic N) is 14. The maximum absolute atomic E-state index is 13.1. The molecule has 0 aliphatic carbocycles. The van der Waals surface area contributed by atoms with Crippen molar-refractivity contribution in [2.45, 2.75) is 71.6 Å². The first kappa shape index (κ1) is 75.6. The van der Waals surface area contributed by atoms with Crippen molar-refractivity contribution in [3.8, 4) is 0 Å². The van der Waals surface area contributed by atoms with Crippen LogP contribution in [0.1, 0.15) is 158 Å². The van der Waals surface area contributed by atoms with E-state index in [0.717, 1.165) is 11.3 Å². The second kappa shape index (κ2) is 33.4. The number of nitrogens with one attached hydrogen (secondary N) is 3. The maximum Gasteiger partial charge on any atom is 2.00 e. The molecule has 8 aromatic heterocycles. The zero-order valence-corrected chi connectivity index (χ0v) is 59.2. The average Bonchev–Trinajstić information content (AvgIpc) is 1.72. The third-order valence-corrected chi connectivity index (χ3v) is 14.0. The molecule has 0 spiro atoms. The number of aryl methyl sites for hydroxylation is 8. The number of hydrogen-bond acceptors (Lipinski definition) is 18. The molecule has 8 heterocycles. The number of amides is 2. The van der Waals surface area contributed by atoms with Crippen molar-refractivity contribution in [2.75, 3.05) is 25.0 Å². The summed E-state index contributed by atoms with van der Waals surface area (Å²) >= 11 is 0. The van der Waals surface area contributed by atoms with E-state index in [-0.39, 0.29) is 207 Å². The van der Waals surface area contributed by atoms with E-state index >= 15 is 0 Å². The van der Waals surface area contributed by atoms with Gasteiger partial charge in [-0.05, 0) is 27.1 Å². The average molecular weight is 1510 g/mol. The summed E-state index contributed by atoms with van der Waals surface area (Å²) in [5.41, 5.74) is 5.03. The van der Waals surface area contributed by atoms with Crippen molar-refractivity contribution >= 4 is 69.6 Å². The smallest absolute Gasteiger partial charge is 0.411 e. The van der Waals surface area contributed by atoms with Crippen LogP contribution in [0.3, 0.4) is 0 Å². The monoisotopic (exact) mass is 1510 g/mol. The van der Waals surface area contributed by atoms with Crippen molar-refractivity contribution in [1.29, 1.82) is 0 Å². The van der Waals surface area contributed by atoms with Gasteiger partial charge < -0.3 is 69.7 Å². The Morgan fingerprint density at radius 2 is 0.750 bits per heavy atom. The van der Waals surface area contributed by atoms with E-state index in [1.165, 1.54) is 27.5 Å². The summed E-state index contributed by atoms with van der Waals surface area (Å²) in [7, 11) is 13.5. The second-order valence-electron chi connectivity index (χ2n) is 21.8. The number of carbonyl (C=O) groups is 11. The first-order valence-electron chi connectivity index (χ1n) is 28.1. The van der Waals surface area contributed by atoms with Gasteiger partial charge in [0, 0.05) is 188 Å². The Labute approximate surface area is 571 Å². The van der Waals surface area contributed by atoms with E-state index in [1.54, 1.807) is 141 Å². The van der Waals surface area contributed by atoms with Crippen LogP contribution >= 0.6 is 0 Å². The Morgan fingerprint density at radius 3 is 1.12 bits per heavy atom. The standard InChI is InChI=1S/C32H39N9O6.C29H32N8O5.CH3.W.Y/c1-19(42)7-9-33-21-12-26(38(3)15-21)27(45)13-23-17-40(5)30(36-23)28(46)14-24-18-41(6)31(37-24)32(47)34-10-8-25(44)11-22-16-39(4)29(35-22)20(2)43;1-17-9-23(34(3)13-17)24(40)11-20-15-36(5)27(32-20)25(41)12-21-16-37(6)28(33-21)29(42)30-8-7-22(39)10-19-14-35(4)26(31-19)18(2)38;;;/h12,15-18,33H,7-11,13-14H2,1-6H3,(H,34,47);9,13-16H,1-2,7-8,10-12H2,3-6H3,(H,30,42);1H3;;/q;-2;-1;+2;. The largest absolute Gasteiger partial charge is 2.00 e. The number of hydrogen-bond donors (Lipinski definition) is 3. The molecule has 0 saturated carbocycles. The summed E-state index contributed by atoms with van der Waals surface area (Å²) in [5, 5.41) is 8.48. The van der Waals surface area contributed by atoms with Crippen molar-refractivity contribution in [1.82, 2.24) is 77.1 Å². The van der Waals surface area contributed by atoms with Crippen LogP contribution in [-0.4, -0.2) is 150 Å². The molecule has 0 saturated heterocycles. The normalized spacial score (nSPS) is 10.7. The maximum atomic E-state index is 13.1. The summed E-state index contributed by atoms with van der Waals surface area (Å²) in [5.74, 6) is -1.85. The Morgan fingerprint density at radius 1 is 0.413 bits per heavy atom. The van der Waals surface area contributed by atoms with Gasteiger partial charge in [-0.2, -0.15) is 19.4 Å². The molecule has 0 atom stereocenters. The fourth-order valence-electron chi connectivity index (χ4n) is 9.81. The van der Waals surface area contributed by atoms with Gasteiger partial charge in [0.2, 0.25) is 11.6 Å². The zero-order chi connectivity index (χ0) is 65.1. The third-order valence-electron chi connectivity index (χ3n) is 14.0. The van der Waals surface area contributed by atoms with Crippen LogP contribution in [0.25, 0.3) is 0 Å². The number of imidazole rings is 6. The zero-order valence-electron chi connectivity index (χ0n) is 53.4. The van der Waals surface area contributed by atoms with Gasteiger partial charge in [0.15, 0.2) is 46.5 Å². The Kier molecular flexibility index (Phi) is 27.5. The first-order chi connectivity index (χ1) is 42.0. The van der Waals surface area contributed by atoms with Gasteiger partial charge in [-0.1, -0.05) is 6.20 Å². The Hall–Kier alpha value is -8.88. The van der Waals surface area contributed by atoms with Crippen molar-refractivity contribution in [2.24, 2.45) is 56.4 Å². The van der Waals surface area contributed by atoms with Gasteiger partial charge in [-0.15, -0.1) is 6.07 Å². The summed E-state index contributed by atoms with van der Waals surface area (Å²) in [6.07, 6.45) is 13.6. The number of anilines is 1. The van der Waals surface area contributed by atoms with E-state index in [0.29, 0.717) is 58.5 Å². The molecule has 0 aromatic carbocycles. The molecule has 0 aliphatic rings. The Balaban J connectivity index is 0.000000382. The molecule has 28 nitrogen and oxygen atoms in total. The van der Waals surface area contributed by atoms with Crippen molar-refractivity contribution in [3.63, 3.8) is 0 Å². The van der Waals surface area contributed by atoms with E-state index in [2.05, 4.69) is 59.7 Å². The van der Waals surface area contributed by atoms with E-state index < -0.39 is 17.6 Å². The molecule has 2 amide bonds. The molecule has 92 heavy (non-hydrogen) atoms. The predicted molar refractivity (Wildman–Crippen MR) is 328 cm³/mol. The predicted octanol–water partition coefficient (Wildman–Crippen LogP) is 3.25. The minimum absolute atomic E-state index is 0. The molecule has 3 N–H and O–H groups in total. The number of aromatic nitrogens is 14. The third kappa shape index (κ3) is 20.1. The van der Waals surface area contributed by atoms with Crippen LogP contribution in [0, 0.1) is 21.3 Å². The number of carbonyl (C=O) groups excluding carboxylic acids is 11. The number of Topliss-reactive ketones (excluding diaryl/α,β-unsaturated/α-hetero) is 9. The summed E-state index contributed by atoms with van der Waals surface area (Å²) in [6.45, 7) is 10.7. The quantitative estimate of drug-likeness (QED) is 0.0430. The molecule has 0 bridgehead atoms. The fourth-order valence-corrected chi connectivity index (χ4v) is 9.81. The van der Waals surface area contributed by atoms with Gasteiger partial charge in [0.25, 0.3) is 11.8 Å². The molecule has 1 radical (unpaired) electrons. The molecule has 0 fully saturated rings. The van der Waals surface area contributed by atoms with Gasteiger partial charge >= 0.3 is 21.1 Å². The van der Waals surface area contributed by atoms with Gasteiger partial charge in [0.05, 0.1) is 77.7 Å². The van der Waals surface area contributed by atoms with Crippen LogP contribution in [0.15, 0.2) is 61.7 Å². The molecular formula is C62H74N17O11WY-. The molecule has 483 valence electrons. The summed E-state index contributed by atoms with van der Waals surface area (Å²) in [4.78, 5) is 162. The fraction of sp³-hybridized carbons (Fsp3) is 0.355. The molecule has 30 heteroatoms. The molecule has 0 unspecified atom stereocenters. The van der Waals surface area contributed by atoms with Crippen molar-refractivity contribution < 1.29 is 107 Å². The van der Waals surface area contributed by atoms with Gasteiger partial charge in [0.1, 0.15) is 17.3 Å².